The van der Waals surface area contributed by atoms with Gasteiger partial charge in [-0.05, 0) is 31.8 Å². The Balaban J connectivity index is 2.51. The maximum absolute atomic E-state index is 11.2. The normalized spacial score (nSPS) is 20.1. The summed E-state index contributed by atoms with van der Waals surface area (Å²) >= 11 is 0. The number of aliphatic hydroxyl groups is 1. The number of ether oxygens (including phenoxy) is 1. The van der Waals surface area contributed by atoms with Crippen LogP contribution in [0.15, 0.2) is 12.7 Å². The zero-order chi connectivity index (χ0) is 10.4. The van der Waals surface area contributed by atoms with Crippen molar-refractivity contribution in [2.75, 3.05) is 6.61 Å². The lowest BCUT2D eigenvalue weighted by Crippen LogP contribution is -2.35. The van der Waals surface area contributed by atoms with E-state index >= 15 is 0 Å². The van der Waals surface area contributed by atoms with Crippen LogP contribution in [0.5, 0.6) is 0 Å². The number of carbonyl (C=O) groups excluding carboxylic acids is 1. The van der Waals surface area contributed by atoms with Crippen molar-refractivity contribution in [3.8, 4) is 0 Å². The van der Waals surface area contributed by atoms with Crippen molar-refractivity contribution >= 4 is 5.97 Å². The van der Waals surface area contributed by atoms with Crippen LogP contribution in [-0.2, 0) is 9.53 Å². The van der Waals surface area contributed by atoms with Crippen LogP contribution in [0.4, 0.5) is 0 Å². The third kappa shape index (κ3) is 2.84. The summed E-state index contributed by atoms with van der Waals surface area (Å²) in [5.41, 5.74) is -0.454. The van der Waals surface area contributed by atoms with E-state index in [-0.39, 0.29) is 19.0 Å². The van der Waals surface area contributed by atoms with Gasteiger partial charge in [0, 0.05) is 0 Å². The highest BCUT2D eigenvalue weighted by Gasteiger charge is 2.32. The van der Waals surface area contributed by atoms with Crippen molar-refractivity contribution in [1.29, 1.82) is 0 Å². The molecule has 0 aromatic carbocycles. The number of hydrogen-bond acceptors (Lipinski definition) is 3. The van der Waals surface area contributed by atoms with Crippen LogP contribution in [0.1, 0.15) is 38.5 Å². The van der Waals surface area contributed by atoms with E-state index < -0.39 is 5.60 Å². The van der Waals surface area contributed by atoms with Gasteiger partial charge in [0.05, 0.1) is 13.0 Å². The molecule has 14 heavy (non-hydrogen) atoms. The fourth-order valence-electron chi connectivity index (χ4n) is 1.87. The second-order valence-electron chi connectivity index (χ2n) is 3.78. The molecule has 1 saturated carbocycles. The standard InChI is InChI=1S/C11H18O3/c1-2-11(7-4-3-5-8-11)14-10(13)6-9-12/h2,12H,1,3-9H2. The third-order valence-corrected chi connectivity index (χ3v) is 2.70. The van der Waals surface area contributed by atoms with Crippen molar-refractivity contribution in [2.24, 2.45) is 0 Å². The first-order valence-corrected chi connectivity index (χ1v) is 5.19. The lowest BCUT2D eigenvalue weighted by Gasteiger charge is -2.33. The summed E-state index contributed by atoms with van der Waals surface area (Å²) in [5, 5.41) is 8.60. The van der Waals surface area contributed by atoms with E-state index in [0.717, 1.165) is 25.7 Å². The molecule has 0 aromatic heterocycles. The van der Waals surface area contributed by atoms with Crippen molar-refractivity contribution < 1.29 is 14.6 Å². The van der Waals surface area contributed by atoms with E-state index in [1.807, 2.05) is 0 Å². The molecule has 3 nitrogen and oxygen atoms in total. The summed E-state index contributed by atoms with van der Waals surface area (Å²) in [4.78, 5) is 11.2. The average molecular weight is 198 g/mol. The average Bonchev–Trinajstić information content (AvgIpc) is 2.19. The Hall–Kier alpha value is -0.830. The number of aliphatic hydroxyl groups excluding tert-OH is 1. The van der Waals surface area contributed by atoms with Gasteiger partial charge in [0.2, 0.25) is 0 Å². The Morgan fingerprint density at radius 3 is 2.57 bits per heavy atom. The van der Waals surface area contributed by atoms with E-state index in [1.54, 1.807) is 6.08 Å². The highest BCUT2D eigenvalue weighted by molar-refractivity contribution is 5.70. The van der Waals surface area contributed by atoms with Crippen LogP contribution in [0, 0.1) is 0 Å². The Morgan fingerprint density at radius 1 is 1.43 bits per heavy atom. The molecule has 1 N–H and O–H groups in total. The fourth-order valence-corrected chi connectivity index (χ4v) is 1.87. The number of carbonyl (C=O) groups is 1. The van der Waals surface area contributed by atoms with E-state index in [2.05, 4.69) is 6.58 Å². The molecule has 1 aliphatic carbocycles. The first-order valence-electron chi connectivity index (χ1n) is 5.19. The molecule has 0 spiro atoms. The molecule has 0 aromatic rings. The lowest BCUT2D eigenvalue weighted by atomic mass is 9.85. The molecule has 0 heterocycles. The zero-order valence-electron chi connectivity index (χ0n) is 8.50. The minimum absolute atomic E-state index is 0.0790. The van der Waals surface area contributed by atoms with Crippen molar-refractivity contribution in [2.45, 2.75) is 44.1 Å². The summed E-state index contributed by atoms with van der Waals surface area (Å²) < 4.78 is 5.35. The fraction of sp³-hybridized carbons (Fsp3) is 0.727. The molecule has 0 amide bonds. The summed E-state index contributed by atoms with van der Waals surface area (Å²) in [7, 11) is 0. The summed E-state index contributed by atoms with van der Waals surface area (Å²) in [6, 6.07) is 0. The summed E-state index contributed by atoms with van der Waals surface area (Å²) in [6.45, 7) is 3.58. The molecule has 0 unspecified atom stereocenters. The molecule has 1 aliphatic rings. The maximum atomic E-state index is 11.2. The third-order valence-electron chi connectivity index (χ3n) is 2.70. The first kappa shape index (κ1) is 11.2. The maximum Gasteiger partial charge on any atom is 0.308 e. The Morgan fingerprint density at radius 2 is 2.07 bits per heavy atom. The second kappa shape index (κ2) is 5.15. The van der Waals surface area contributed by atoms with E-state index in [0.29, 0.717) is 0 Å². The summed E-state index contributed by atoms with van der Waals surface area (Å²) in [6.07, 6.45) is 6.92. The monoisotopic (exact) mass is 198 g/mol. The minimum Gasteiger partial charge on any atom is -0.455 e. The van der Waals surface area contributed by atoms with E-state index in [1.165, 1.54) is 6.42 Å². The lowest BCUT2D eigenvalue weighted by molar-refractivity contribution is -0.158. The molecule has 0 radical (unpaired) electrons. The second-order valence-corrected chi connectivity index (χ2v) is 3.78. The van der Waals surface area contributed by atoms with Gasteiger partial charge in [0.1, 0.15) is 5.60 Å². The molecule has 80 valence electrons. The van der Waals surface area contributed by atoms with E-state index in [4.69, 9.17) is 9.84 Å². The quantitative estimate of drug-likeness (QED) is 0.553. The SMILES string of the molecule is C=CC1(OC(=O)CCO)CCCCC1. The van der Waals surface area contributed by atoms with Gasteiger partial charge < -0.3 is 9.84 Å². The predicted molar refractivity (Wildman–Crippen MR) is 53.8 cm³/mol. The first-order chi connectivity index (χ1) is 6.72. The van der Waals surface area contributed by atoms with Gasteiger partial charge in [0.25, 0.3) is 0 Å². The van der Waals surface area contributed by atoms with Crippen LogP contribution >= 0.6 is 0 Å². The molecular weight excluding hydrogens is 180 g/mol. The number of hydrogen-bond donors (Lipinski definition) is 1. The molecule has 0 saturated heterocycles. The highest BCUT2D eigenvalue weighted by Crippen LogP contribution is 2.32. The summed E-state index contributed by atoms with van der Waals surface area (Å²) in [5.74, 6) is -0.325. The smallest absolute Gasteiger partial charge is 0.308 e. The van der Waals surface area contributed by atoms with Gasteiger partial charge in [-0.3, -0.25) is 4.79 Å². The molecule has 1 fully saturated rings. The Labute approximate surface area is 84.8 Å². The van der Waals surface area contributed by atoms with Crippen LogP contribution in [0.2, 0.25) is 0 Å². The molecular formula is C11H18O3. The topological polar surface area (TPSA) is 46.5 Å². The van der Waals surface area contributed by atoms with Crippen molar-refractivity contribution in [3.63, 3.8) is 0 Å². The largest absolute Gasteiger partial charge is 0.455 e. The molecule has 1 rings (SSSR count). The zero-order valence-corrected chi connectivity index (χ0v) is 8.50. The molecule has 0 aliphatic heterocycles. The van der Waals surface area contributed by atoms with Crippen molar-refractivity contribution in [1.82, 2.24) is 0 Å². The van der Waals surface area contributed by atoms with Crippen LogP contribution in [-0.4, -0.2) is 23.3 Å². The highest BCUT2D eigenvalue weighted by atomic mass is 16.6. The van der Waals surface area contributed by atoms with Gasteiger partial charge in [0.15, 0.2) is 0 Å². The molecule has 0 bridgehead atoms. The van der Waals surface area contributed by atoms with Gasteiger partial charge in [-0.1, -0.05) is 13.0 Å². The van der Waals surface area contributed by atoms with Crippen LogP contribution in [0.3, 0.4) is 0 Å². The number of esters is 1. The van der Waals surface area contributed by atoms with E-state index in [9.17, 15) is 4.79 Å². The Bertz CT molecular complexity index is 205. The van der Waals surface area contributed by atoms with Crippen molar-refractivity contribution in [3.05, 3.63) is 12.7 Å². The van der Waals surface area contributed by atoms with Crippen LogP contribution in [0.25, 0.3) is 0 Å². The van der Waals surface area contributed by atoms with Gasteiger partial charge in [-0.2, -0.15) is 0 Å². The molecule has 3 heteroatoms. The minimum atomic E-state index is -0.454. The van der Waals surface area contributed by atoms with Crippen LogP contribution < -0.4 is 0 Å². The van der Waals surface area contributed by atoms with Gasteiger partial charge in [-0.15, -0.1) is 0 Å². The van der Waals surface area contributed by atoms with Gasteiger partial charge in [-0.25, -0.2) is 0 Å². The Kier molecular flexibility index (Phi) is 4.14. The number of rotatable bonds is 4. The van der Waals surface area contributed by atoms with Gasteiger partial charge >= 0.3 is 5.97 Å². The predicted octanol–water partition coefficient (Wildman–Crippen LogP) is 1.80. The molecule has 0 atom stereocenters.